The summed E-state index contributed by atoms with van der Waals surface area (Å²) in [6, 6.07) is 40.4. The van der Waals surface area contributed by atoms with Gasteiger partial charge in [0.1, 0.15) is 0 Å². The van der Waals surface area contributed by atoms with Gasteiger partial charge in [-0.05, 0) is 41.8 Å². The topological polar surface area (TPSA) is 59.2 Å². The van der Waals surface area contributed by atoms with Crippen molar-refractivity contribution in [1.82, 2.24) is 19.7 Å². The Bertz CT molecular complexity index is 2110. The molecule has 0 aliphatic carbocycles. The average Bonchev–Trinajstić information content (AvgIpc) is 3.86. The second-order valence-electron chi connectivity index (χ2n) is 10.6. The highest BCUT2D eigenvalue weighted by Crippen LogP contribution is 2.41. The number of thiophene rings is 1. The Balaban J connectivity index is 1.34. The van der Waals surface area contributed by atoms with Crippen molar-refractivity contribution < 1.29 is 0 Å². The lowest BCUT2D eigenvalue weighted by atomic mass is 9.98. The number of para-hydroxylation sites is 1. The number of anilines is 1. The highest BCUT2D eigenvalue weighted by molar-refractivity contribution is 7.12. The molecule has 0 saturated heterocycles. The predicted molar refractivity (Wildman–Crippen MR) is 180 cm³/mol. The van der Waals surface area contributed by atoms with E-state index >= 15 is 0 Å². The number of halogens is 1. The Morgan fingerprint density at radius 2 is 1.43 bits per heavy atom. The normalized spacial score (nSPS) is 14.7. The Labute approximate surface area is 263 Å². The first kappa shape index (κ1) is 26.5. The second-order valence-corrected chi connectivity index (χ2v) is 12.0. The van der Waals surface area contributed by atoms with Crippen LogP contribution in [0.4, 0.5) is 5.95 Å². The monoisotopic (exact) mass is 608 g/mol. The standard InChI is InChI=1S/C36H25ClN6S/c37-26-18-19-30-28(21-26)34(24-11-4-1-5-12-24)39-36(38-30)43-32(22-31(40-43)33-17-10-20-44-33)29-23-42(27-15-8-3-9-16-27)41-35(29)25-13-6-2-7-14-25/h1-21,23,32H,22H2/t32-/m1/s1. The third-order valence-corrected chi connectivity index (χ3v) is 8.94. The summed E-state index contributed by atoms with van der Waals surface area (Å²) in [5.41, 5.74) is 7.60. The van der Waals surface area contributed by atoms with Crippen molar-refractivity contribution in [3.05, 3.63) is 148 Å². The number of aromatic nitrogens is 4. The SMILES string of the molecule is Clc1ccc2nc(N3N=C(c4cccs4)C[C@@H]3c3cn(-c4ccccc4)nc3-c3ccccc3)nc(-c3ccccc3)c2c1. The number of benzene rings is 4. The average molecular weight is 609 g/mol. The summed E-state index contributed by atoms with van der Waals surface area (Å²) >= 11 is 8.14. The van der Waals surface area contributed by atoms with Crippen LogP contribution in [0.25, 0.3) is 39.1 Å². The fourth-order valence-corrected chi connectivity index (χ4v) is 6.59. The van der Waals surface area contributed by atoms with Crippen LogP contribution in [0.3, 0.4) is 0 Å². The largest absolute Gasteiger partial charge is 0.247 e. The first-order valence-corrected chi connectivity index (χ1v) is 15.6. The molecule has 0 amide bonds. The van der Waals surface area contributed by atoms with Gasteiger partial charge in [-0.2, -0.15) is 10.2 Å². The fraction of sp³-hybridized carbons (Fsp3) is 0.0556. The third-order valence-electron chi connectivity index (χ3n) is 7.78. The smallest absolute Gasteiger partial charge is 0.240 e. The number of fused-ring (bicyclic) bond motifs is 1. The van der Waals surface area contributed by atoms with Crippen molar-refractivity contribution in [3.8, 4) is 28.2 Å². The van der Waals surface area contributed by atoms with E-state index in [0.29, 0.717) is 17.4 Å². The van der Waals surface area contributed by atoms with Crippen LogP contribution in [-0.4, -0.2) is 25.5 Å². The Kier molecular flexibility index (Phi) is 6.74. The molecule has 4 heterocycles. The fourth-order valence-electron chi connectivity index (χ4n) is 5.70. The third kappa shape index (κ3) is 4.86. The molecule has 0 radical (unpaired) electrons. The summed E-state index contributed by atoms with van der Waals surface area (Å²) in [5.74, 6) is 0.529. The molecule has 6 nitrogen and oxygen atoms in total. The molecule has 1 atom stereocenters. The zero-order valence-corrected chi connectivity index (χ0v) is 25.0. The Morgan fingerprint density at radius 3 is 2.14 bits per heavy atom. The van der Waals surface area contributed by atoms with Gasteiger partial charge in [0, 0.05) is 39.7 Å². The molecule has 0 unspecified atom stereocenters. The molecule has 0 fully saturated rings. The molecule has 0 bridgehead atoms. The summed E-state index contributed by atoms with van der Waals surface area (Å²) < 4.78 is 1.96. The van der Waals surface area contributed by atoms with Crippen molar-refractivity contribution in [3.63, 3.8) is 0 Å². The summed E-state index contributed by atoms with van der Waals surface area (Å²) in [7, 11) is 0. The molecule has 4 aromatic carbocycles. The van der Waals surface area contributed by atoms with Crippen LogP contribution in [0.5, 0.6) is 0 Å². The van der Waals surface area contributed by atoms with Crippen LogP contribution in [0.1, 0.15) is 22.9 Å². The van der Waals surface area contributed by atoms with E-state index < -0.39 is 0 Å². The van der Waals surface area contributed by atoms with E-state index in [4.69, 9.17) is 31.8 Å². The highest BCUT2D eigenvalue weighted by Gasteiger charge is 2.36. The van der Waals surface area contributed by atoms with Crippen LogP contribution >= 0.6 is 22.9 Å². The van der Waals surface area contributed by atoms with E-state index in [2.05, 4.69) is 60.1 Å². The summed E-state index contributed by atoms with van der Waals surface area (Å²) in [6.07, 6.45) is 2.81. The second kappa shape index (κ2) is 11.2. The molecule has 0 saturated carbocycles. The van der Waals surface area contributed by atoms with Gasteiger partial charge in [0.25, 0.3) is 0 Å². The number of rotatable bonds is 6. The van der Waals surface area contributed by atoms with Crippen molar-refractivity contribution in [1.29, 1.82) is 0 Å². The molecule has 212 valence electrons. The van der Waals surface area contributed by atoms with Gasteiger partial charge in [-0.3, -0.25) is 0 Å². The van der Waals surface area contributed by atoms with Crippen LogP contribution in [0.15, 0.2) is 138 Å². The minimum absolute atomic E-state index is 0.187. The maximum atomic E-state index is 6.46. The van der Waals surface area contributed by atoms with Gasteiger partial charge in [-0.25, -0.2) is 19.7 Å². The maximum absolute atomic E-state index is 6.46. The van der Waals surface area contributed by atoms with Gasteiger partial charge >= 0.3 is 0 Å². The van der Waals surface area contributed by atoms with Gasteiger partial charge in [-0.15, -0.1) is 11.3 Å². The quantitative estimate of drug-likeness (QED) is 0.189. The molecular formula is C36H25ClN6S. The van der Waals surface area contributed by atoms with E-state index in [0.717, 1.165) is 55.3 Å². The first-order valence-electron chi connectivity index (χ1n) is 14.3. The van der Waals surface area contributed by atoms with Crippen LogP contribution in [0.2, 0.25) is 5.02 Å². The molecule has 44 heavy (non-hydrogen) atoms. The van der Waals surface area contributed by atoms with Gasteiger partial charge in [0.05, 0.1) is 39.2 Å². The van der Waals surface area contributed by atoms with E-state index in [9.17, 15) is 0 Å². The van der Waals surface area contributed by atoms with E-state index in [1.54, 1.807) is 11.3 Å². The Hall–Kier alpha value is -5.11. The molecule has 1 aliphatic heterocycles. The van der Waals surface area contributed by atoms with Gasteiger partial charge < -0.3 is 0 Å². The molecule has 8 rings (SSSR count). The number of hydrogen-bond donors (Lipinski definition) is 0. The summed E-state index contributed by atoms with van der Waals surface area (Å²) in [5, 5.41) is 15.9. The van der Waals surface area contributed by atoms with Crippen molar-refractivity contribution in [2.45, 2.75) is 12.5 Å². The van der Waals surface area contributed by atoms with Crippen LogP contribution in [0, 0.1) is 0 Å². The molecule has 7 aromatic rings. The zero-order valence-electron chi connectivity index (χ0n) is 23.5. The van der Waals surface area contributed by atoms with Crippen molar-refractivity contribution >= 4 is 45.5 Å². The lowest BCUT2D eigenvalue weighted by Gasteiger charge is -2.23. The number of hydrazone groups is 1. The van der Waals surface area contributed by atoms with Gasteiger partial charge in [0.2, 0.25) is 5.95 Å². The lowest BCUT2D eigenvalue weighted by molar-refractivity contribution is 0.690. The minimum Gasteiger partial charge on any atom is -0.240 e. The molecule has 0 spiro atoms. The van der Waals surface area contributed by atoms with Gasteiger partial charge in [0.15, 0.2) is 0 Å². The van der Waals surface area contributed by atoms with E-state index in [-0.39, 0.29) is 6.04 Å². The minimum atomic E-state index is -0.187. The first-order chi connectivity index (χ1) is 21.7. The molecular weight excluding hydrogens is 584 g/mol. The predicted octanol–water partition coefficient (Wildman–Crippen LogP) is 9.22. The maximum Gasteiger partial charge on any atom is 0.247 e. The van der Waals surface area contributed by atoms with Crippen molar-refractivity contribution in [2.24, 2.45) is 5.10 Å². The van der Waals surface area contributed by atoms with E-state index in [1.165, 1.54) is 0 Å². The zero-order chi connectivity index (χ0) is 29.5. The van der Waals surface area contributed by atoms with Crippen LogP contribution < -0.4 is 5.01 Å². The van der Waals surface area contributed by atoms with Gasteiger partial charge in [-0.1, -0.05) is 96.5 Å². The highest BCUT2D eigenvalue weighted by atomic mass is 35.5. The molecule has 3 aromatic heterocycles. The number of hydrogen-bond acceptors (Lipinski definition) is 6. The lowest BCUT2D eigenvalue weighted by Crippen LogP contribution is -2.21. The molecule has 1 aliphatic rings. The summed E-state index contributed by atoms with van der Waals surface area (Å²) in [6.45, 7) is 0. The van der Waals surface area contributed by atoms with Crippen molar-refractivity contribution in [2.75, 3.05) is 5.01 Å². The molecule has 8 heteroatoms. The Morgan fingerprint density at radius 1 is 0.727 bits per heavy atom. The summed E-state index contributed by atoms with van der Waals surface area (Å²) in [4.78, 5) is 11.4. The van der Waals surface area contributed by atoms with E-state index in [1.807, 2.05) is 82.5 Å². The molecule has 0 N–H and O–H groups in total. The number of nitrogens with zero attached hydrogens (tertiary/aromatic N) is 6. The van der Waals surface area contributed by atoms with Crippen LogP contribution in [-0.2, 0) is 0 Å².